The van der Waals surface area contributed by atoms with Crippen molar-refractivity contribution in [3.63, 3.8) is 0 Å². The summed E-state index contributed by atoms with van der Waals surface area (Å²) in [7, 11) is 0. The molecule has 0 amide bonds. The Morgan fingerprint density at radius 1 is 1.05 bits per heavy atom. The fourth-order valence-corrected chi connectivity index (χ4v) is 2.82. The second kappa shape index (κ2) is 6.80. The number of hydrogen-bond donors (Lipinski definition) is 1. The molecule has 1 N–H and O–H groups in total. The van der Waals surface area contributed by atoms with Crippen LogP contribution in [0.3, 0.4) is 0 Å². The number of nitrogens with one attached hydrogen (secondary N) is 1. The van der Waals surface area contributed by atoms with E-state index in [0.717, 1.165) is 46.5 Å². The van der Waals surface area contributed by atoms with Crippen LogP contribution in [-0.2, 0) is 0 Å². The van der Waals surface area contributed by atoms with Crippen LogP contribution in [0.1, 0.15) is 47.5 Å². The molecule has 0 atom stereocenters. The van der Waals surface area contributed by atoms with Crippen LogP contribution in [0.2, 0.25) is 0 Å². The molecule has 0 saturated heterocycles. The lowest BCUT2D eigenvalue weighted by Crippen LogP contribution is -2.25. The van der Waals surface area contributed by atoms with Gasteiger partial charge in [0.05, 0.1) is 20.4 Å². The van der Waals surface area contributed by atoms with Crippen LogP contribution in [0.5, 0.6) is 0 Å². The van der Waals surface area contributed by atoms with E-state index in [9.17, 15) is 0 Å². The SMILES string of the molecule is CCN(CC)c1c(NCCCC(C)(C)C)c(=S)c1=S. The zero-order valence-electron chi connectivity index (χ0n) is 12.8. The summed E-state index contributed by atoms with van der Waals surface area (Å²) in [6.45, 7) is 14.0. The molecular formula is C15H26N2S2. The van der Waals surface area contributed by atoms with Crippen LogP contribution < -0.4 is 10.2 Å². The van der Waals surface area contributed by atoms with E-state index in [1.807, 2.05) is 0 Å². The largest absolute Gasteiger partial charge is 0.382 e. The Morgan fingerprint density at radius 3 is 2.11 bits per heavy atom. The smallest absolute Gasteiger partial charge is 0.0834 e. The van der Waals surface area contributed by atoms with E-state index >= 15 is 0 Å². The van der Waals surface area contributed by atoms with Gasteiger partial charge in [0.25, 0.3) is 0 Å². The highest BCUT2D eigenvalue weighted by Gasteiger charge is 2.18. The molecule has 0 heterocycles. The Bertz CT molecular complexity index is 475. The van der Waals surface area contributed by atoms with E-state index in [2.05, 4.69) is 44.8 Å². The summed E-state index contributed by atoms with van der Waals surface area (Å²) in [6, 6.07) is 0. The molecule has 0 radical (unpaired) electrons. The lowest BCUT2D eigenvalue weighted by atomic mass is 9.90. The molecule has 2 nitrogen and oxygen atoms in total. The normalized spacial score (nSPS) is 11.8. The van der Waals surface area contributed by atoms with Gasteiger partial charge in [0.15, 0.2) is 0 Å². The molecule has 4 heteroatoms. The maximum absolute atomic E-state index is 5.37. The van der Waals surface area contributed by atoms with E-state index in [0.29, 0.717) is 5.41 Å². The van der Waals surface area contributed by atoms with E-state index < -0.39 is 0 Å². The molecule has 0 bridgehead atoms. The van der Waals surface area contributed by atoms with E-state index in [-0.39, 0.29) is 0 Å². The maximum atomic E-state index is 5.37. The second-order valence-corrected chi connectivity index (χ2v) is 6.96. The van der Waals surface area contributed by atoms with Crippen molar-refractivity contribution in [2.24, 2.45) is 5.41 Å². The zero-order chi connectivity index (χ0) is 14.6. The van der Waals surface area contributed by atoms with Crippen LogP contribution in [-0.4, -0.2) is 19.6 Å². The molecule has 0 unspecified atom stereocenters. The molecule has 0 saturated carbocycles. The highest BCUT2D eigenvalue weighted by atomic mass is 32.1. The lowest BCUT2D eigenvalue weighted by molar-refractivity contribution is 0.370. The van der Waals surface area contributed by atoms with Gasteiger partial charge in [0.1, 0.15) is 0 Å². The standard InChI is InChI=1S/C15H26N2S2/c1-6-17(7-2)12-11(13(18)14(12)19)16-10-8-9-15(3,4)5/h16H,6-10H2,1-5H3. The molecule has 19 heavy (non-hydrogen) atoms. The highest BCUT2D eigenvalue weighted by molar-refractivity contribution is 7.74. The van der Waals surface area contributed by atoms with Crippen molar-refractivity contribution >= 4 is 35.8 Å². The molecular weight excluding hydrogens is 272 g/mol. The van der Waals surface area contributed by atoms with Gasteiger partial charge in [-0.2, -0.15) is 0 Å². The van der Waals surface area contributed by atoms with E-state index in [1.54, 1.807) is 0 Å². The summed E-state index contributed by atoms with van der Waals surface area (Å²) < 4.78 is 1.70. The predicted octanol–water partition coefficient (Wildman–Crippen LogP) is 5.11. The summed E-state index contributed by atoms with van der Waals surface area (Å²) in [5.41, 5.74) is 2.64. The molecule has 1 rings (SSSR count). The topological polar surface area (TPSA) is 15.3 Å². The maximum Gasteiger partial charge on any atom is 0.0834 e. The van der Waals surface area contributed by atoms with Gasteiger partial charge in [-0.3, -0.25) is 0 Å². The van der Waals surface area contributed by atoms with Crippen LogP contribution >= 0.6 is 24.4 Å². The predicted molar refractivity (Wildman–Crippen MR) is 91.2 cm³/mol. The monoisotopic (exact) mass is 298 g/mol. The van der Waals surface area contributed by atoms with Crippen LogP contribution in [0.4, 0.5) is 11.4 Å². The molecule has 108 valence electrons. The zero-order valence-corrected chi connectivity index (χ0v) is 14.4. The van der Waals surface area contributed by atoms with Gasteiger partial charge in [-0.1, -0.05) is 45.2 Å². The summed E-state index contributed by atoms with van der Waals surface area (Å²) in [4.78, 5) is 2.28. The van der Waals surface area contributed by atoms with E-state index in [4.69, 9.17) is 24.4 Å². The molecule has 0 spiro atoms. The Labute approximate surface area is 127 Å². The third-order valence-corrected chi connectivity index (χ3v) is 4.31. The lowest BCUT2D eigenvalue weighted by Gasteiger charge is -2.27. The van der Waals surface area contributed by atoms with Crippen molar-refractivity contribution in [1.29, 1.82) is 0 Å². The van der Waals surface area contributed by atoms with Gasteiger partial charge in [-0.05, 0) is 32.1 Å². The van der Waals surface area contributed by atoms with Crippen molar-refractivity contribution in [3.8, 4) is 0 Å². The Kier molecular flexibility index (Phi) is 5.93. The molecule has 0 aliphatic heterocycles. The number of nitrogens with zero attached hydrogens (tertiary/aromatic N) is 1. The van der Waals surface area contributed by atoms with Gasteiger partial charge in [0, 0.05) is 19.6 Å². The van der Waals surface area contributed by atoms with Gasteiger partial charge >= 0.3 is 0 Å². The minimum Gasteiger partial charge on any atom is -0.382 e. The second-order valence-electron chi connectivity index (χ2n) is 6.15. The first-order valence-corrected chi connectivity index (χ1v) is 7.95. The summed E-state index contributed by atoms with van der Waals surface area (Å²) in [5, 5.41) is 3.48. The quantitative estimate of drug-likeness (QED) is 0.556. The van der Waals surface area contributed by atoms with E-state index in [1.165, 1.54) is 6.42 Å². The van der Waals surface area contributed by atoms with Crippen LogP contribution in [0, 0.1) is 14.4 Å². The Balaban J connectivity index is 2.62. The molecule has 0 fully saturated rings. The van der Waals surface area contributed by atoms with Gasteiger partial charge in [-0.15, -0.1) is 0 Å². The van der Waals surface area contributed by atoms with Crippen molar-refractivity contribution in [3.05, 3.63) is 9.02 Å². The highest BCUT2D eigenvalue weighted by Crippen LogP contribution is 2.35. The van der Waals surface area contributed by atoms with Crippen molar-refractivity contribution < 1.29 is 0 Å². The minimum atomic E-state index is 0.396. The minimum absolute atomic E-state index is 0.396. The van der Waals surface area contributed by atoms with Crippen molar-refractivity contribution in [2.75, 3.05) is 29.9 Å². The van der Waals surface area contributed by atoms with Gasteiger partial charge in [-0.25, -0.2) is 0 Å². The summed E-state index contributed by atoms with van der Waals surface area (Å²) >= 11 is 10.7. The Morgan fingerprint density at radius 2 is 1.63 bits per heavy atom. The molecule has 1 aromatic carbocycles. The summed E-state index contributed by atoms with van der Waals surface area (Å²) in [5.74, 6) is 0. The average Bonchev–Trinajstić information content (AvgIpc) is 2.35. The molecule has 0 aromatic heterocycles. The fraction of sp³-hybridized carbons (Fsp3) is 0.733. The number of anilines is 2. The Hall–Kier alpha value is -0.480. The third kappa shape index (κ3) is 4.25. The molecule has 0 aliphatic carbocycles. The number of rotatable bonds is 7. The number of hydrogen-bond acceptors (Lipinski definition) is 4. The van der Waals surface area contributed by atoms with Crippen molar-refractivity contribution in [1.82, 2.24) is 0 Å². The van der Waals surface area contributed by atoms with Gasteiger partial charge in [0.2, 0.25) is 0 Å². The first kappa shape index (κ1) is 16.6. The molecule has 0 aliphatic rings. The van der Waals surface area contributed by atoms with Gasteiger partial charge < -0.3 is 10.2 Å². The average molecular weight is 299 g/mol. The summed E-state index contributed by atoms with van der Waals surface area (Å²) in [6.07, 6.45) is 2.37. The fourth-order valence-electron chi connectivity index (χ4n) is 2.22. The van der Waals surface area contributed by atoms with Crippen molar-refractivity contribution in [2.45, 2.75) is 47.5 Å². The van der Waals surface area contributed by atoms with Crippen LogP contribution in [0.15, 0.2) is 0 Å². The molecule has 1 aromatic rings. The third-order valence-electron chi connectivity index (χ3n) is 3.37. The first-order valence-electron chi connectivity index (χ1n) is 7.14. The van der Waals surface area contributed by atoms with Crippen LogP contribution in [0.25, 0.3) is 0 Å². The first-order chi connectivity index (χ1) is 8.81.